The topological polar surface area (TPSA) is 183 Å². The van der Waals surface area contributed by atoms with Gasteiger partial charge in [0.05, 0.1) is 67.5 Å². The van der Waals surface area contributed by atoms with Crippen LogP contribution in [0.3, 0.4) is 0 Å². The minimum atomic E-state index is -2.65. The molecule has 1 N–H and O–H groups in total. The number of aryl methyl sites for hydroxylation is 1. The average Bonchev–Trinajstić information content (AvgIpc) is 2.90. The summed E-state index contributed by atoms with van der Waals surface area (Å²) in [5.74, 6) is 0.251. The lowest BCUT2D eigenvalue weighted by atomic mass is 9.96. The first-order chi connectivity index (χ1) is 39.4. The Bertz CT molecular complexity index is 3170. The third-order valence-electron chi connectivity index (χ3n) is 17.6. The molecular weight excluding hydrogens is 1070 g/mol. The number of rotatable bonds is 20. The zero-order valence-electron chi connectivity index (χ0n) is 50.0. The van der Waals surface area contributed by atoms with Gasteiger partial charge in [0.1, 0.15) is 19.0 Å². The molecule has 5 amide bonds. The lowest BCUT2D eigenvalue weighted by Crippen LogP contribution is -2.58. The molecule has 1 saturated carbocycles. The van der Waals surface area contributed by atoms with Crippen LogP contribution in [0.1, 0.15) is 124 Å². The van der Waals surface area contributed by atoms with Gasteiger partial charge in [-0.05, 0) is 109 Å². The second-order valence-corrected chi connectivity index (χ2v) is 29.6. The van der Waals surface area contributed by atoms with Gasteiger partial charge in [0.25, 0.3) is 11.8 Å². The maximum absolute atomic E-state index is 15.1. The minimum absolute atomic E-state index is 0.0163. The molecule has 4 aromatic carbocycles. The molecule has 1 spiro atoms. The van der Waals surface area contributed by atoms with E-state index in [0.29, 0.717) is 71.1 Å². The highest BCUT2D eigenvalue weighted by molar-refractivity contribution is 6.74. The van der Waals surface area contributed by atoms with Crippen LogP contribution in [0.2, 0.25) is 18.1 Å². The van der Waals surface area contributed by atoms with Gasteiger partial charge in [-0.1, -0.05) is 109 Å². The van der Waals surface area contributed by atoms with Crippen LogP contribution >= 0.6 is 0 Å². The number of carbonyl (C=O) groups is 6. The summed E-state index contributed by atoms with van der Waals surface area (Å²) in [4.78, 5) is 90.7. The third kappa shape index (κ3) is 12.9. The van der Waals surface area contributed by atoms with Gasteiger partial charge in [-0.15, -0.1) is 0 Å². The highest BCUT2D eigenvalue weighted by Gasteiger charge is 2.60. The summed E-state index contributed by atoms with van der Waals surface area (Å²) in [6, 6.07) is 22.5. The van der Waals surface area contributed by atoms with Gasteiger partial charge in [-0.2, -0.15) is 0 Å². The standard InChI is InChI=1S/C65H81N5O12Si/c1-13-26-80-62(75)68-37-48-31-47(46-18-15-14-16-19-46)36-67(48)59(73)50-32-56(77-10)57(33-51(50)68)79-28-17-27-78-55-34-52-49(29-41(55)4)60(74)69-39-65(24-25-65)35-53(69)61(82-83(11,12)64(7,8)9)70(52)63(76)81-38-45-22-20-44(21-23-45)30-54(71)43(6)66-58(72)42(5)40(2)3/h13-16,18-23,29,32-34,36,40,42-43,48,53,61H,1,17,24-28,30-31,35,37-39H2,2-12H3,(H,66,72)/t42-,43-,48-,53-,61?/m0/s1. The Morgan fingerprint density at radius 1 is 0.831 bits per heavy atom. The van der Waals surface area contributed by atoms with Gasteiger partial charge in [-0.25, -0.2) is 14.5 Å². The number of fused-ring (bicyclic) bond motifs is 4. The Balaban J connectivity index is 0.943. The number of hydrogen-bond acceptors (Lipinski definition) is 12. The molecule has 0 radical (unpaired) electrons. The molecule has 4 aromatic rings. The molecule has 1 saturated heterocycles. The Kier molecular flexibility index (Phi) is 17.7. The lowest BCUT2D eigenvalue weighted by Gasteiger charge is -2.44. The number of benzene rings is 4. The van der Waals surface area contributed by atoms with E-state index in [-0.39, 0.29) is 96.8 Å². The Morgan fingerprint density at radius 2 is 1.49 bits per heavy atom. The molecule has 4 aliphatic heterocycles. The molecule has 18 heteroatoms. The number of nitrogens with zero attached hydrogens (tertiary/aromatic N) is 4. The van der Waals surface area contributed by atoms with E-state index in [0.717, 1.165) is 29.5 Å². The van der Waals surface area contributed by atoms with E-state index in [1.54, 1.807) is 41.0 Å². The highest BCUT2D eigenvalue weighted by Crippen LogP contribution is 2.58. The third-order valence-corrected chi connectivity index (χ3v) is 22.1. The molecule has 1 unspecified atom stereocenters. The largest absolute Gasteiger partial charge is 0.493 e. The van der Waals surface area contributed by atoms with Gasteiger partial charge in [0.15, 0.2) is 31.8 Å². The van der Waals surface area contributed by atoms with E-state index in [1.807, 2.05) is 93.4 Å². The van der Waals surface area contributed by atoms with Gasteiger partial charge < -0.3 is 43.2 Å². The van der Waals surface area contributed by atoms with Crippen LogP contribution in [-0.4, -0.2) is 118 Å². The van der Waals surface area contributed by atoms with Crippen LogP contribution in [0.25, 0.3) is 5.57 Å². The zero-order valence-corrected chi connectivity index (χ0v) is 51.0. The van der Waals surface area contributed by atoms with E-state index in [4.69, 9.17) is 28.1 Å². The van der Waals surface area contributed by atoms with Crippen LogP contribution in [0.5, 0.6) is 17.2 Å². The zero-order chi connectivity index (χ0) is 59.7. The van der Waals surface area contributed by atoms with Gasteiger partial charge in [0.2, 0.25) is 5.91 Å². The highest BCUT2D eigenvalue weighted by atomic mass is 28.4. The molecule has 5 aliphatic rings. The van der Waals surface area contributed by atoms with Crippen LogP contribution in [-0.2, 0) is 36.5 Å². The second kappa shape index (κ2) is 24.4. The smallest absolute Gasteiger partial charge is 0.416 e. The van der Waals surface area contributed by atoms with Crippen LogP contribution in [0.15, 0.2) is 97.7 Å². The molecule has 83 heavy (non-hydrogen) atoms. The molecule has 4 heterocycles. The molecule has 5 atom stereocenters. The predicted octanol–water partition coefficient (Wildman–Crippen LogP) is 11.7. The van der Waals surface area contributed by atoms with Crippen molar-refractivity contribution in [3.8, 4) is 17.2 Å². The molecule has 17 nitrogen and oxygen atoms in total. The summed E-state index contributed by atoms with van der Waals surface area (Å²) >= 11 is 0. The molecule has 2 fully saturated rings. The van der Waals surface area contributed by atoms with Crippen LogP contribution < -0.4 is 29.3 Å². The van der Waals surface area contributed by atoms with Crippen molar-refractivity contribution in [2.75, 3.05) is 49.8 Å². The number of methoxy groups -OCH3 is 1. The normalized spacial score (nSPS) is 19.6. The first kappa shape index (κ1) is 60.2. The number of anilines is 2. The summed E-state index contributed by atoms with van der Waals surface area (Å²) in [5, 5.41) is 2.61. The van der Waals surface area contributed by atoms with Crippen LogP contribution in [0.4, 0.5) is 21.0 Å². The van der Waals surface area contributed by atoms with Crippen molar-refractivity contribution >= 4 is 61.0 Å². The van der Waals surface area contributed by atoms with E-state index in [9.17, 15) is 24.0 Å². The van der Waals surface area contributed by atoms with Gasteiger partial charge in [-0.3, -0.25) is 24.1 Å². The summed E-state index contributed by atoms with van der Waals surface area (Å²) < 4.78 is 37.8. The van der Waals surface area contributed by atoms with E-state index in [1.165, 1.54) is 18.1 Å². The quantitative estimate of drug-likeness (QED) is 0.0503. The second-order valence-electron chi connectivity index (χ2n) is 24.9. The summed E-state index contributed by atoms with van der Waals surface area (Å²) in [7, 11) is -1.16. The average molecular weight is 1150 g/mol. The molecule has 1 aliphatic carbocycles. The molecular formula is C65H81N5O12Si. The summed E-state index contributed by atoms with van der Waals surface area (Å²) in [6.07, 6.45) is 4.88. The maximum atomic E-state index is 15.1. The number of Topliss-reactive ketones (excluding diaryl/α,β-unsaturated/α-hetero) is 1. The van der Waals surface area contributed by atoms with Crippen molar-refractivity contribution in [3.63, 3.8) is 0 Å². The molecule has 0 bridgehead atoms. The van der Waals surface area contributed by atoms with Gasteiger partial charge >= 0.3 is 12.2 Å². The number of hydrogen-bond donors (Lipinski definition) is 1. The monoisotopic (exact) mass is 1150 g/mol. The fraction of sp³-hybridized carbons (Fsp3) is 0.477. The Hall–Kier alpha value is -7.44. The van der Waals surface area contributed by atoms with Crippen molar-refractivity contribution in [1.82, 2.24) is 15.1 Å². The minimum Gasteiger partial charge on any atom is -0.493 e. The number of ketones is 1. The molecule has 0 aromatic heterocycles. The Labute approximate surface area is 489 Å². The van der Waals surface area contributed by atoms with E-state index >= 15 is 4.79 Å². The number of carbonyl (C=O) groups excluding carboxylic acids is 6. The summed E-state index contributed by atoms with van der Waals surface area (Å²) in [5.41, 5.74) is 5.35. The SMILES string of the molecule is C=CCOC(=O)N1C[C@@H]2CC(c3ccccc3)=CN2C(=O)c2cc(OC)c(OCCCOc3cc4c(cc3C)C(=O)N3CC5(CC5)C[C@H]3C(O[Si](C)(C)C(C)(C)C)N4C(=O)OCc3ccc(CC(=O)[C@H](C)NC(=O)[C@@H](C)C(C)C)cc3)cc21. The van der Waals surface area contributed by atoms with Crippen molar-refractivity contribution in [2.45, 2.75) is 143 Å². The van der Waals surface area contributed by atoms with E-state index < -0.39 is 38.8 Å². The lowest BCUT2D eigenvalue weighted by molar-refractivity contribution is -0.130. The van der Waals surface area contributed by atoms with Crippen molar-refractivity contribution < 1.29 is 56.9 Å². The van der Waals surface area contributed by atoms with E-state index in [2.05, 4.69) is 45.8 Å². The predicted molar refractivity (Wildman–Crippen MR) is 320 cm³/mol. The van der Waals surface area contributed by atoms with Crippen molar-refractivity contribution in [2.24, 2.45) is 17.3 Å². The Morgan fingerprint density at radius 3 is 2.14 bits per heavy atom. The summed E-state index contributed by atoms with van der Waals surface area (Å²) in [6.45, 7) is 24.8. The number of ether oxygens (including phenoxy) is 5. The fourth-order valence-corrected chi connectivity index (χ4v) is 12.2. The van der Waals surface area contributed by atoms with Gasteiger partial charge in [0, 0.05) is 43.6 Å². The molecule has 9 rings (SSSR count). The van der Waals surface area contributed by atoms with Crippen molar-refractivity contribution in [1.29, 1.82) is 0 Å². The first-order valence-corrected chi connectivity index (χ1v) is 32.0. The number of nitrogens with one attached hydrogen (secondary N) is 1. The maximum Gasteiger partial charge on any atom is 0.416 e. The van der Waals surface area contributed by atoms with Crippen LogP contribution in [0, 0.1) is 24.2 Å². The first-order valence-electron chi connectivity index (χ1n) is 29.0. The fourth-order valence-electron chi connectivity index (χ4n) is 11.0. The molecule has 442 valence electrons. The number of amides is 5. The van der Waals surface area contributed by atoms with Crippen molar-refractivity contribution in [3.05, 3.63) is 131 Å².